The number of carbonyl (C=O) groups is 3. The van der Waals surface area contributed by atoms with Crippen molar-refractivity contribution < 1.29 is 23.9 Å². The molecule has 1 aliphatic carbocycles. The maximum Gasteiger partial charge on any atom is 0.243 e. The largest absolute Gasteiger partial charge is 0.488 e. The Morgan fingerprint density at radius 3 is 2.48 bits per heavy atom. The molecule has 0 aromatic heterocycles. The Balaban J connectivity index is 1.37. The van der Waals surface area contributed by atoms with Crippen LogP contribution in [0.25, 0.3) is 0 Å². The minimum Gasteiger partial charge on any atom is -0.488 e. The SMILES string of the molecule is CC(C)CC(C(=O)NCCOc1cccc2c1OC(C)(C)C2)N1C(=O)C2CC=CCC2C1=O. The first-order valence-electron chi connectivity index (χ1n) is 11.9. The number of likely N-dealkylation sites (tertiary alicyclic amines) is 1. The Bertz CT molecular complexity index is 941. The number of para-hydroxylation sites is 1. The summed E-state index contributed by atoms with van der Waals surface area (Å²) >= 11 is 0. The van der Waals surface area contributed by atoms with Gasteiger partial charge < -0.3 is 14.8 Å². The fourth-order valence-corrected chi connectivity index (χ4v) is 5.06. The summed E-state index contributed by atoms with van der Waals surface area (Å²) in [4.78, 5) is 40.3. The first-order chi connectivity index (χ1) is 15.7. The molecule has 1 fully saturated rings. The monoisotopic (exact) mass is 454 g/mol. The van der Waals surface area contributed by atoms with Gasteiger partial charge in [0, 0.05) is 12.0 Å². The van der Waals surface area contributed by atoms with Crippen molar-refractivity contribution in [3.63, 3.8) is 0 Å². The molecule has 33 heavy (non-hydrogen) atoms. The van der Waals surface area contributed by atoms with Crippen molar-refractivity contribution in [1.29, 1.82) is 0 Å². The van der Waals surface area contributed by atoms with Crippen molar-refractivity contribution in [2.75, 3.05) is 13.2 Å². The van der Waals surface area contributed by atoms with Crippen LogP contribution in [-0.2, 0) is 20.8 Å². The van der Waals surface area contributed by atoms with Crippen LogP contribution in [-0.4, -0.2) is 47.4 Å². The number of ether oxygens (including phenoxy) is 2. The summed E-state index contributed by atoms with van der Waals surface area (Å²) in [6.07, 6.45) is 6.30. The standard InChI is InChI=1S/C26H34N2O5/c1-16(2)14-20(28-24(30)18-9-5-6-10-19(18)25(28)31)23(29)27-12-13-32-21-11-7-8-17-15-26(3,4)33-22(17)21/h5-8,11,16,18-20H,9-10,12-15H2,1-4H3,(H,27,29). The molecule has 3 aliphatic rings. The van der Waals surface area contributed by atoms with E-state index in [-0.39, 0.29) is 54.2 Å². The van der Waals surface area contributed by atoms with Crippen LogP contribution in [0.15, 0.2) is 30.4 Å². The van der Waals surface area contributed by atoms with Crippen molar-refractivity contribution in [2.45, 2.75) is 65.0 Å². The highest BCUT2D eigenvalue weighted by atomic mass is 16.5. The highest BCUT2D eigenvalue weighted by molar-refractivity contribution is 6.08. The molecule has 1 aromatic carbocycles. The number of benzene rings is 1. The number of amides is 3. The molecule has 7 heteroatoms. The first-order valence-corrected chi connectivity index (χ1v) is 11.9. The summed E-state index contributed by atoms with van der Waals surface area (Å²) in [5, 5.41) is 2.88. The smallest absolute Gasteiger partial charge is 0.243 e. The van der Waals surface area contributed by atoms with Crippen LogP contribution in [0.5, 0.6) is 11.5 Å². The van der Waals surface area contributed by atoms with Crippen molar-refractivity contribution in [3.8, 4) is 11.5 Å². The fraction of sp³-hybridized carbons (Fsp3) is 0.577. The number of imide groups is 1. The topological polar surface area (TPSA) is 84.9 Å². The number of fused-ring (bicyclic) bond motifs is 2. The minimum atomic E-state index is -0.791. The molecule has 1 N–H and O–H groups in total. The number of nitrogens with zero attached hydrogens (tertiary/aromatic N) is 1. The Labute approximate surface area is 195 Å². The Morgan fingerprint density at radius 1 is 1.18 bits per heavy atom. The molecule has 4 rings (SSSR count). The van der Waals surface area contributed by atoms with Crippen LogP contribution in [0.3, 0.4) is 0 Å². The third-order valence-corrected chi connectivity index (χ3v) is 6.56. The van der Waals surface area contributed by atoms with Gasteiger partial charge in [0.2, 0.25) is 17.7 Å². The Hall–Kier alpha value is -2.83. The van der Waals surface area contributed by atoms with Gasteiger partial charge in [-0.3, -0.25) is 19.3 Å². The van der Waals surface area contributed by atoms with Crippen molar-refractivity contribution in [3.05, 3.63) is 35.9 Å². The molecule has 1 aromatic rings. The van der Waals surface area contributed by atoms with Crippen molar-refractivity contribution in [2.24, 2.45) is 17.8 Å². The summed E-state index contributed by atoms with van der Waals surface area (Å²) in [6.45, 7) is 8.58. The number of allylic oxidation sites excluding steroid dienone is 2. The van der Waals surface area contributed by atoms with Gasteiger partial charge in [-0.2, -0.15) is 0 Å². The van der Waals surface area contributed by atoms with E-state index in [1.54, 1.807) is 0 Å². The molecule has 3 unspecified atom stereocenters. The summed E-state index contributed by atoms with van der Waals surface area (Å²) in [6, 6.07) is 5.04. The fourth-order valence-electron chi connectivity index (χ4n) is 5.06. The van der Waals surface area contributed by atoms with Gasteiger partial charge in [-0.25, -0.2) is 0 Å². The molecular formula is C26H34N2O5. The summed E-state index contributed by atoms with van der Waals surface area (Å²) in [5.41, 5.74) is 0.849. The second-order valence-corrected chi connectivity index (χ2v) is 10.3. The van der Waals surface area contributed by atoms with E-state index in [9.17, 15) is 14.4 Å². The number of hydrogen-bond acceptors (Lipinski definition) is 5. The molecule has 2 heterocycles. The number of carbonyl (C=O) groups excluding carboxylic acids is 3. The second-order valence-electron chi connectivity index (χ2n) is 10.3. The van der Waals surface area contributed by atoms with Crippen LogP contribution in [0.4, 0.5) is 0 Å². The van der Waals surface area contributed by atoms with Gasteiger partial charge in [0.25, 0.3) is 0 Å². The van der Waals surface area contributed by atoms with Crippen LogP contribution in [0.2, 0.25) is 0 Å². The zero-order valence-corrected chi connectivity index (χ0v) is 19.9. The van der Waals surface area contributed by atoms with Gasteiger partial charge in [0.05, 0.1) is 18.4 Å². The molecule has 7 nitrogen and oxygen atoms in total. The molecule has 0 saturated carbocycles. The van der Waals surface area contributed by atoms with Gasteiger partial charge in [-0.1, -0.05) is 38.1 Å². The molecule has 2 aliphatic heterocycles. The molecule has 1 saturated heterocycles. The zero-order chi connectivity index (χ0) is 23.8. The Kier molecular flexibility index (Phi) is 6.50. The molecule has 3 atom stereocenters. The van der Waals surface area contributed by atoms with Gasteiger partial charge in [0.15, 0.2) is 11.5 Å². The second kappa shape index (κ2) is 9.20. The summed E-state index contributed by atoms with van der Waals surface area (Å²) in [5.74, 6) is 0.165. The van der Waals surface area contributed by atoms with Crippen LogP contribution >= 0.6 is 0 Å². The average molecular weight is 455 g/mol. The highest BCUT2D eigenvalue weighted by Crippen LogP contribution is 2.41. The van der Waals surface area contributed by atoms with Gasteiger partial charge in [-0.15, -0.1) is 0 Å². The third kappa shape index (κ3) is 4.77. The zero-order valence-electron chi connectivity index (χ0n) is 19.9. The van der Waals surface area contributed by atoms with Gasteiger partial charge >= 0.3 is 0 Å². The minimum absolute atomic E-state index is 0.158. The van der Waals surface area contributed by atoms with Crippen LogP contribution < -0.4 is 14.8 Å². The summed E-state index contributed by atoms with van der Waals surface area (Å²) in [7, 11) is 0. The molecule has 0 bridgehead atoms. The van der Waals surface area contributed by atoms with Crippen LogP contribution in [0.1, 0.15) is 52.5 Å². The van der Waals surface area contributed by atoms with E-state index in [0.29, 0.717) is 25.0 Å². The normalized spacial score (nSPS) is 23.8. The molecule has 3 amide bonds. The number of rotatable bonds is 8. The number of hydrogen-bond donors (Lipinski definition) is 1. The first kappa shape index (κ1) is 23.3. The number of nitrogens with one attached hydrogen (secondary N) is 1. The van der Waals surface area contributed by atoms with Gasteiger partial charge in [-0.05, 0) is 45.1 Å². The predicted octanol–water partition coefficient (Wildman–Crippen LogP) is 3.26. The molecule has 0 spiro atoms. The van der Waals surface area contributed by atoms with E-state index < -0.39 is 6.04 Å². The molecular weight excluding hydrogens is 420 g/mol. The molecule has 178 valence electrons. The van der Waals surface area contributed by atoms with Crippen LogP contribution in [0, 0.1) is 17.8 Å². The van der Waals surface area contributed by atoms with Gasteiger partial charge in [0.1, 0.15) is 18.2 Å². The molecule has 0 radical (unpaired) electrons. The van der Waals surface area contributed by atoms with E-state index in [0.717, 1.165) is 17.7 Å². The average Bonchev–Trinajstić information content (AvgIpc) is 3.22. The lowest BCUT2D eigenvalue weighted by molar-refractivity contribution is -0.148. The Morgan fingerprint density at radius 2 is 1.85 bits per heavy atom. The lowest BCUT2D eigenvalue weighted by Crippen LogP contribution is -2.51. The maximum absolute atomic E-state index is 13.1. The van der Waals surface area contributed by atoms with Crippen molar-refractivity contribution >= 4 is 17.7 Å². The third-order valence-electron chi connectivity index (χ3n) is 6.56. The predicted molar refractivity (Wildman–Crippen MR) is 124 cm³/mol. The van der Waals surface area contributed by atoms with E-state index in [2.05, 4.69) is 5.32 Å². The maximum atomic E-state index is 13.1. The van der Waals surface area contributed by atoms with E-state index in [1.807, 2.05) is 58.0 Å². The van der Waals surface area contributed by atoms with E-state index in [4.69, 9.17) is 9.47 Å². The van der Waals surface area contributed by atoms with E-state index >= 15 is 0 Å². The quantitative estimate of drug-likeness (QED) is 0.370. The summed E-state index contributed by atoms with van der Waals surface area (Å²) < 4.78 is 11.9. The lowest BCUT2D eigenvalue weighted by Gasteiger charge is -2.27. The van der Waals surface area contributed by atoms with Crippen molar-refractivity contribution in [1.82, 2.24) is 10.2 Å². The lowest BCUT2D eigenvalue weighted by atomic mass is 9.85. The highest BCUT2D eigenvalue weighted by Gasteiger charge is 2.51. The van der Waals surface area contributed by atoms with E-state index in [1.165, 1.54) is 4.90 Å².